The lowest BCUT2D eigenvalue weighted by Gasteiger charge is -2.38. The number of anilines is 1. The van der Waals surface area contributed by atoms with Crippen LogP contribution in [0.5, 0.6) is 17.2 Å². The molecule has 4 heterocycles. The van der Waals surface area contributed by atoms with Gasteiger partial charge in [0.2, 0.25) is 17.7 Å². The third-order valence-corrected chi connectivity index (χ3v) is 10.3. The predicted molar refractivity (Wildman–Crippen MR) is 161 cm³/mol. The molecule has 3 fully saturated rings. The predicted octanol–water partition coefficient (Wildman–Crippen LogP) is 3.57. The zero-order chi connectivity index (χ0) is 30.6. The largest absolute Gasteiger partial charge is 0.497 e. The van der Waals surface area contributed by atoms with Crippen molar-refractivity contribution in [2.45, 2.75) is 63.0 Å². The minimum absolute atomic E-state index is 0.00320. The van der Waals surface area contributed by atoms with Gasteiger partial charge >= 0.3 is 0 Å². The molecule has 44 heavy (non-hydrogen) atoms. The summed E-state index contributed by atoms with van der Waals surface area (Å²) in [5, 5.41) is 6.25. The van der Waals surface area contributed by atoms with Gasteiger partial charge in [0, 0.05) is 11.7 Å². The van der Waals surface area contributed by atoms with Gasteiger partial charge in [-0.1, -0.05) is 51.0 Å². The van der Waals surface area contributed by atoms with Crippen LogP contribution in [-0.2, 0) is 19.1 Å². The van der Waals surface area contributed by atoms with Crippen LogP contribution in [0, 0.1) is 23.7 Å². The molecule has 3 amide bonds. The van der Waals surface area contributed by atoms with Crippen molar-refractivity contribution in [3.05, 3.63) is 60.7 Å². The highest BCUT2D eigenvalue weighted by Gasteiger charge is 2.73. The van der Waals surface area contributed by atoms with Gasteiger partial charge in [0.25, 0.3) is 0 Å². The number of ether oxygens (including phenoxy) is 4. The van der Waals surface area contributed by atoms with E-state index in [0.29, 0.717) is 34.8 Å². The normalized spacial score (nSPS) is 34.9. The van der Waals surface area contributed by atoms with E-state index < -0.39 is 35.7 Å². The molecule has 7 rings (SSSR count). The van der Waals surface area contributed by atoms with Crippen molar-refractivity contribution in [2.24, 2.45) is 23.7 Å². The fourth-order valence-corrected chi connectivity index (χ4v) is 7.78. The molecule has 4 aliphatic heterocycles. The Kier molecular flexibility index (Phi) is 7.27. The molecule has 10 nitrogen and oxygen atoms in total. The number of fused-ring (bicyclic) bond motifs is 2. The second kappa shape index (κ2) is 11.1. The molecule has 1 spiro atoms. The maximum Gasteiger partial charge on any atom is 0.246 e. The van der Waals surface area contributed by atoms with Crippen LogP contribution >= 0.6 is 0 Å². The van der Waals surface area contributed by atoms with Gasteiger partial charge in [-0.05, 0) is 54.7 Å². The van der Waals surface area contributed by atoms with Crippen LogP contribution in [0.4, 0.5) is 5.69 Å². The first kappa shape index (κ1) is 28.7. The zero-order valence-corrected chi connectivity index (χ0v) is 25.2. The number of benzene rings is 2. The van der Waals surface area contributed by atoms with Crippen LogP contribution in [0.2, 0.25) is 0 Å². The Morgan fingerprint density at radius 1 is 1.05 bits per heavy atom. The molecular formula is C34H39N3O7. The van der Waals surface area contributed by atoms with Crippen LogP contribution in [0.1, 0.15) is 33.1 Å². The Morgan fingerprint density at radius 2 is 1.82 bits per heavy atom. The average Bonchev–Trinajstić information content (AvgIpc) is 3.67. The van der Waals surface area contributed by atoms with E-state index in [1.807, 2.05) is 36.4 Å². The zero-order valence-electron chi connectivity index (χ0n) is 25.2. The summed E-state index contributed by atoms with van der Waals surface area (Å²) in [6.45, 7) is 4.74. The van der Waals surface area contributed by atoms with E-state index in [-0.39, 0.29) is 36.9 Å². The maximum absolute atomic E-state index is 14.4. The molecule has 9 atom stereocenters. The van der Waals surface area contributed by atoms with Gasteiger partial charge in [-0.3, -0.25) is 14.4 Å². The number of para-hydroxylation sites is 2. The van der Waals surface area contributed by atoms with Gasteiger partial charge in [-0.25, -0.2) is 0 Å². The lowest BCUT2D eigenvalue weighted by Crippen LogP contribution is -2.59. The lowest BCUT2D eigenvalue weighted by atomic mass is 9.73. The summed E-state index contributed by atoms with van der Waals surface area (Å²) in [6.07, 6.45) is 5.60. The smallest absolute Gasteiger partial charge is 0.246 e. The summed E-state index contributed by atoms with van der Waals surface area (Å²) in [4.78, 5) is 44.1. The van der Waals surface area contributed by atoms with Crippen molar-refractivity contribution < 1.29 is 33.3 Å². The number of amides is 3. The van der Waals surface area contributed by atoms with Crippen molar-refractivity contribution in [3.63, 3.8) is 0 Å². The first-order chi connectivity index (χ1) is 21.3. The van der Waals surface area contributed by atoms with Crippen molar-refractivity contribution >= 4 is 23.4 Å². The van der Waals surface area contributed by atoms with Crippen molar-refractivity contribution in [2.75, 3.05) is 25.6 Å². The molecule has 232 valence electrons. The molecule has 2 aromatic carbocycles. The van der Waals surface area contributed by atoms with Crippen LogP contribution in [0.3, 0.4) is 0 Å². The molecule has 5 aliphatic rings. The van der Waals surface area contributed by atoms with E-state index in [0.717, 1.165) is 19.3 Å². The number of carbonyl (C=O) groups is 3. The number of carbonyl (C=O) groups excluding carboxylic acids is 3. The minimum atomic E-state index is -1.26. The van der Waals surface area contributed by atoms with Gasteiger partial charge in [0.15, 0.2) is 17.6 Å². The minimum Gasteiger partial charge on any atom is -0.497 e. The third-order valence-electron chi connectivity index (χ3n) is 10.3. The van der Waals surface area contributed by atoms with Gasteiger partial charge in [-0.15, -0.1) is 0 Å². The molecule has 0 unspecified atom stereocenters. The maximum atomic E-state index is 14.4. The highest BCUT2D eigenvalue weighted by Crippen LogP contribution is 2.55. The number of hydrogen-bond acceptors (Lipinski definition) is 7. The quantitative estimate of drug-likeness (QED) is 0.467. The summed E-state index contributed by atoms with van der Waals surface area (Å²) >= 11 is 0. The summed E-state index contributed by atoms with van der Waals surface area (Å²) in [5.41, 5.74) is -0.676. The Labute approximate surface area is 257 Å². The molecule has 10 heteroatoms. The second-order valence-corrected chi connectivity index (χ2v) is 12.8. The van der Waals surface area contributed by atoms with Gasteiger partial charge in [0.05, 0.1) is 31.6 Å². The topological polar surface area (TPSA) is 115 Å². The molecule has 2 aromatic rings. The summed E-state index contributed by atoms with van der Waals surface area (Å²) < 4.78 is 23.9. The Morgan fingerprint density at radius 3 is 2.59 bits per heavy atom. The highest BCUT2D eigenvalue weighted by molar-refractivity contribution is 6.02. The number of rotatable bonds is 7. The van der Waals surface area contributed by atoms with Gasteiger partial charge in [0.1, 0.15) is 24.0 Å². The van der Waals surface area contributed by atoms with E-state index >= 15 is 0 Å². The lowest BCUT2D eigenvalue weighted by molar-refractivity contribution is -0.143. The molecule has 0 aromatic heterocycles. The number of nitrogens with zero attached hydrogens (tertiary/aromatic N) is 1. The van der Waals surface area contributed by atoms with Gasteiger partial charge in [-0.2, -0.15) is 0 Å². The van der Waals surface area contributed by atoms with Crippen LogP contribution in [0.25, 0.3) is 0 Å². The monoisotopic (exact) mass is 601 g/mol. The van der Waals surface area contributed by atoms with Crippen LogP contribution < -0.4 is 24.8 Å². The first-order valence-electron chi connectivity index (χ1n) is 15.6. The molecular weight excluding hydrogens is 562 g/mol. The van der Waals surface area contributed by atoms with E-state index in [1.54, 1.807) is 36.3 Å². The fraction of sp³-hybridized carbons (Fsp3) is 0.500. The van der Waals surface area contributed by atoms with E-state index in [9.17, 15) is 14.4 Å². The molecule has 2 bridgehead atoms. The molecule has 1 saturated carbocycles. The Balaban J connectivity index is 1.18. The summed E-state index contributed by atoms with van der Waals surface area (Å²) in [6, 6.07) is 13.5. The summed E-state index contributed by atoms with van der Waals surface area (Å²) in [7, 11) is 1.58. The molecule has 0 radical (unpaired) electrons. The van der Waals surface area contributed by atoms with E-state index in [2.05, 4.69) is 24.5 Å². The number of likely N-dealkylation sites (tertiary alicyclic amines) is 1. The SMILES string of the molecule is COc1ccc(NC(=O)[C@H]2[C@H]3C=C[C@@]4(O3)[C@H]2C(=O)N(C[C@@H]2COc3ccccc3O2)[C@@H]4C(=O)N[C@@H]2CCC[C@@H](C)[C@@H]2C)cc1. The first-order valence-corrected chi connectivity index (χ1v) is 15.6. The Hall–Kier alpha value is -4.05. The van der Waals surface area contributed by atoms with Crippen LogP contribution in [-0.4, -0.2) is 72.8 Å². The number of hydrogen-bond donors (Lipinski definition) is 2. The third kappa shape index (κ3) is 4.70. The highest BCUT2D eigenvalue weighted by atomic mass is 16.6. The van der Waals surface area contributed by atoms with Crippen molar-refractivity contribution in [3.8, 4) is 17.2 Å². The number of methoxy groups -OCH3 is 1. The Bertz CT molecular complexity index is 1480. The summed E-state index contributed by atoms with van der Waals surface area (Å²) in [5.74, 6) is 0.156. The molecule has 2 saturated heterocycles. The van der Waals surface area contributed by atoms with Crippen molar-refractivity contribution in [1.29, 1.82) is 0 Å². The van der Waals surface area contributed by atoms with Crippen LogP contribution in [0.15, 0.2) is 60.7 Å². The van der Waals surface area contributed by atoms with E-state index in [4.69, 9.17) is 18.9 Å². The van der Waals surface area contributed by atoms with Gasteiger partial charge < -0.3 is 34.5 Å². The number of nitrogens with one attached hydrogen (secondary N) is 2. The van der Waals surface area contributed by atoms with E-state index in [1.165, 1.54) is 0 Å². The average molecular weight is 602 g/mol. The fourth-order valence-electron chi connectivity index (χ4n) is 7.78. The second-order valence-electron chi connectivity index (χ2n) is 12.8. The molecule has 1 aliphatic carbocycles. The standard InChI is InChI=1S/C34H39N3O7/c1-19-7-6-8-24(20(19)2)36-32(39)30-34-16-15-27(44-34)28(31(38)35-21-11-13-22(41-3)14-12-21)29(34)33(40)37(30)17-23-18-42-25-9-4-5-10-26(25)43-23/h4-5,9-16,19-20,23-24,27-30H,6-8,17-18H2,1-3H3,(H,35,38)(H,36,39)/t19-,20+,23-,24-,27-,28+,29-,30-,34-/m1/s1. The molecule has 2 N–H and O–H groups in total. The van der Waals surface area contributed by atoms with Crippen molar-refractivity contribution in [1.82, 2.24) is 10.2 Å².